The number of carbonyl (C=O) groups is 1. The van der Waals surface area contributed by atoms with Crippen LogP contribution in [0.1, 0.15) is 0 Å². The van der Waals surface area contributed by atoms with E-state index in [1.807, 2.05) is 0 Å². The highest BCUT2D eigenvalue weighted by Crippen LogP contribution is 1.81. The molecule has 0 fully saturated rings. The summed E-state index contributed by atoms with van der Waals surface area (Å²) in [6.07, 6.45) is 0. The fraction of sp³-hybridized carbons (Fsp3) is 0. The summed E-state index contributed by atoms with van der Waals surface area (Å²) in [5, 5.41) is 7.97. The van der Waals surface area contributed by atoms with Gasteiger partial charge in [-0.15, -0.1) is 0 Å². The van der Waals surface area contributed by atoms with Crippen LogP contribution in [-0.2, 0) is 4.79 Å². The second kappa shape index (κ2) is 2.77. The van der Waals surface area contributed by atoms with Crippen LogP contribution in [0.3, 0.4) is 0 Å². The first-order valence-electron chi connectivity index (χ1n) is 1.82. The minimum absolute atomic E-state index is 0.187. The summed E-state index contributed by atoms with van der Waals surface area (Å²) in [5.41, 5.74) is 1.57. The topological polar surface area (TPSA) is 78.9 Å². The SMILES string of the molecule is C=C(C#N)C(=O)NN. The van der Waals surface area contributed by atoms with Gasteiger partial charge in [0.05, 0.1) is 0 Å². The van der Waals surface area contributed by atoms with Gasteiger partial charge in [-0.2, -0.15) is 5.26 Å². The fourth-order valence-electron chi connectivity index (χ4n) is 0.138. The Morgan fingerprint density at radius 1 is 1.88 bits per heavy atom. The summed E-state index contributed by atoms with van der Waals surface area (Å²) in [6, 6.07) is 1.53. The predicted octanol–water partition coefficient (Wildman–Crippen LogP) is -0.944. The van der Waals surface area contributed by atoms with Gasteiger partial charge in [0.15, 0.2) is 0 Å². The quantitative estimate of drug-likeness (QED) is 0.151. The molecule has 0 bridgehead atoms. The Morgan fingerprint density at radius 3 is 2.50 bits per heavy atom. The lowest BCUT2D eigenvalue weighted by atomic mass is 10.3. The van der Waals surface area contributed by atoms with Gasteiger partial charge in [0.2, 0.25) is 0 Å². The Kier molecular flexibility index (Phi) is 2.31. The molecule has 0 aromatic carbocycles. The van der Waals surface area contributed by atoms with Crippen molar-refractivity contribution in [1.82, 2.24) is 5.43 Å². The van der Waals surface area contributed by atoms with Crippen molar-refractivity contribution in [1.29, 1.82) is 5.26 Å². The molecule has 0 atom stereocenters. The van der Waals surface area contributed by atoms with Crippen molar-refractivity contribution in [3.63, 3.8) is 0 Å². The standard InChI is InChI=1S/C4H5N3O/c1-3(2-5)4(8)7-6/h1,6H2,(H,7,8). The first-order chi connectivity index (χ1) is 3.72. The molecule has 8 heavy (non-hydrogen) atoms. The Morgan fingerprint density at radius 2 is 2.38 bits per heavy atom. The van der Waals surface area contributed by atoms with Crippen LogP contribution >= 0.6 is 0 Å². The molecule has 0 aliphatic heterocycles. The number of nitrogens with two attached hydrogens (primary N) is 1. The van der Waals surface area contributed by atoms with Crippen LogP contribution in [0.4, 0.5) is 0 Å². The summed E-state index contributed by atoms with van der Waals surface area (Å²) in [4.78, 5) is 10.2. The second-order valence-corrected chi connectivity index (χ2v) is 1.06. The molecule has 4 heteroatoms. The predicted molar refractivity (Wildman–Crippen MR) is 27.1 cm³/mol. The van der Waals surface area contributed by atoms with Crippen molar-refractivity contribution in [2.75, 3.05) is 0 Å². The average molecular weight is 111 g/mol. The first-order valence-corrected chi connectivity index (χ1v) is 1.82. The van der Waals surface area contributed by atoms with Gasteiger partial charge in [0.1, 0.15) is 11.6 Å². The van der Waals surface area contributed by atoms with Crippen molar-refractivity contribution >= 4 is 5.91 Å². The molecule has 0 heterocycles. The Bertz CT molecular complexity index is 155. The second-order valence-electron chi connectivity index (χ2n) is 1.06. The highest BCUT2D eigenvalue weighted by atomic mass is 16.2. The summed E-state index contributed by atoms with van der Waals surface area (Å²) in [6.45, 7) is 3.09. The van der Waals surface area contributed by atoms with Gasteiger partial charge in [-0.3, -0.25) is 10.2 Å². The lowest BCUT2D eigenvalue weighted by Gasteiger charge is -1.89. The van der Waals surface area contributed by atoms with Crippen LogP contribution in [0.2, 0.25) is 0 Å². The molecule has 42 valence electrons. The van der Waals surface area contributed by atoms with Crippen LogP contribution in [0.5, 0.6) is 0 Å². The highest BCUT2D eigenvalue weighted by molar-refractivity contribution is 5.95. The monoisotopic (exact) mass is 111 g/mol. The van der Waals surface area contributed by atoms with E-state index in [9.17, 15) is 4.79 Å². The number of nitrogens with one attached hydrogen (secondary N) is 1. The van der Waals surface area contributed by atoms with Crippen LogP contribution in [-0.4, -0.2) is 5.91 Å². The number of nitrogens with zero attached hydrogens (tertiary/aromatic N) is 1. The largest absolute Gasteiger partial charge is 0.290 e. The van der Waals surface area contributed by atoms with Crippen molar-refractivity contribution in [3.05, 3.63) is 12.2 Å². The Hall–Kier alpha value is -1.34. The molecular weight excluding hydrogens is 106 g/mol. The molecule has 0 saturated heterocycles. The molecule has 1 amide bonds. The highest BCUT2D eigenvalue weighted by Gasteiger charge is 1.99. The lowest BCUT2D eigenvalue weighted by molar-refractivity contribution is -0.117. The van der Waals surface area contributed by atoms with E-state index in [1.165, 1.54) is 6.07 Å². The van der Waals surface area contributed by atoms with Gasteiger partial charge in [-0.1, -0.05) is 6.58 Å². The van der Waals surface area contributed by atoms with Crippen LogP contribution in [0.25, 0.3) is 0 Å². The number of hydrogen-bond acceptors (Lipinski definition) is 3. The Balaban J connectivity index is 3.89. The van der Waals surface area contributed by atoms with Gasteiger partial charge in [-0.25, -0.2) is 5.84 Å². The number of amides is 1. The molecule has 0 aromatic rings. The number of rotatable bonds is 1. The molecule has 0 aliphatic carbocycles. The molecule has 0 aromatic heterocycles. The smallest absolute Gasteiger partial charge is 0.275 e. The van der Waals surface area contributed by atoms with E-state index in [4.69, 9.17) is 5.26 Å². The molecule has 0 spiro atoms. The van der Waals surface area contributed by atoms with E-state index < -0.39 is 5.91 Å². The van der Waals surface area contributed by atoms with E-state index in [-0.39, 0.29) is 5.57 Å². The van der Waals surface area contributed by atoms with Crippen molar-refractivity contribution in [2.24, 2.45) is 5.84 Å². The molecular formula is C4H5N3O. The molecule has 0 rings (SSSR count). The third kappa shape index (κ3) is 1.41. The third-order valence-corrected chi connectivity index (χ3v) is 0.540. The van der Waals surface area contributed by atoms with Gasteiger partial charge in [0.25, 0.3) is 5.91 Å². The number of hydrogen-bond donors (Lipinski definition) is 2. The summed E-state index contributed by atoms with van der Waals surface area (Å²) in [7, 11) is 0. The number of carbonyl (C=O) groups excluding carboxylic acids is 1. The van der Waals surface area contributed by atoms with Gasteiger partial charge in [-0.05, 0) is 0 Å². The molecule has 0 unspecified atom stereocenters. The Labute approximate surface area is 46.6 Å². The third-order valence-electron chi connectivity index (χ3n) is 0.540. The number of nitriles is 1. The molecule has 0 saturated carbocycles. The van der Waals surface area contributed by atoms with Gasteiger partial charge in [0, 0.05) is 0 Å². The minimum Gasteiger partial charge on any atom is -0.290 e. The van der Waals surface area contributed by atoms with Crippen LogP contribution in [0.15, 0.2) is 12.2 Å². The van der Waals surface area contributed by atoms with Crippen molar-refractivity contribution in [3.8, 4) is 6.07 Å². The molecule has 0 radical (unpaired) electrons. The van der Waals surface area contributed by atoms with Gasteiger partial charge < -0.3 is 0 Å². The molecule has 3 N–H and O–H groups in total. The maximum atomic E-state index is 10.2. The maximum absolute atomic E-state index is 10.2. The van der Waals surface area contributed by atoms with E-state index in [1.54, 1.807) is 5.43 Å². The molecule has 0 aliphatic rings. The lowest BCUT2D eigenvalue weighted by Crippen LogP contribution is -2.30. The van der Waals surface area contributed by atoms with E-state index in [2.05, 4.69) is 12.4 Å². The summed E-state index contributed by atoms with van der Waals surface area (Å²) < 4.78 is 0. The zero-order valence-corrected chi connectivity index (χ0v) is 4.14. The minimum atomic E-state index is -0.646. The molecule has 4 nitrogen and oxygen atoms in total. The normalized spacial score (nSPS) is 7.00. The van der Waals surface area contributed by atoms with Crippen molar-refractivity contribution in [2.45, 2.75) is 0 Å². The first kappa shape index (κ1) is 6.66. The van der Waals surface area contributed by atoms with Crippen LogP contribution in [0, 0.1) is 11.3 Å². The zero-order valence-electron chi connectivity index (χ0n) is 4.14. The van der Waals surface area contributed by atoms with Crippen LogP contribution < -0.4 is 11.3 Å². The van der Waals surface area contributed by atoms with E-state index in [0.717, 1.165) is 0 Å². The van der Waals surface area contributed by atoms with E-state index >= 15 is 0 Å². The van der Waals surface area contributed by atoms with Gasteiger partial charge >= 0.3 is 0 Å². The zero-order chi connectivity index (χ0) is 6.57. The number of hydrazine groups is 1. The summed E-state index contributed by atoms with van der Waals surface area (Å²) >= 11 is 0. The summed E-state index contributed by atoms with van der Waals surface area (Å²) in [5.74, 6) is 3.99. The van der Waals surface area contributed by atoms with Crippen molar-refractivity contribution < 1.29 is 4.79 Å². The average Bonchev–Trinajstić information content (AvgIpc) is 1.84. The van der Waals surface area contributed by atoms with E-state index in [0.29, 0.717) is 0 Å². The maximum Gasteiger partial charge on any atom is 0.275 e. The fourth-order valence-corrected chi connectivity index (χ4v) is 0.138.